The van der Waals surface area contributed by atoms with Crippen LogP contribution in [-0.4, -0.2) is 33.3 Å². The van der Waals surface area contributed by atoms with Crippen molar-refractivity contribution in [3.8, 4) is 0 Å². The van der Waals surface area contributed by atoms with Gasteiger partial charge in [0.2, 0.25) is 0 Å². The number of nitrogens with zero attached hydrogens (tertiary/aromatic N) is 3. The number of aromatic nitrogens is 2. The molecule has 0 radical (unpaired) electrons. The molecule has 1 saturated heterocycles. The highest BCUT2D eigenvalue weighted by Crippen LogP contribution is 2.29. The van der Waals surface area contributed by atoms with Gasteiger partial charge in [0.15, 0.2) is 0 Å². The number of amides is 1. The first kappa shape index (κ1) is 12.8. The van der Waals surface area contributed by atoms with Gasteiger partial charge in [-0.15, -0.1) is 0 Å². The van der Waals surface area contributed by atoms with E-state index in [1.54, 1.807) is 18.6 Å². The summed E-state index contributed by atoms with van der Waals surface area (Å²) in [6.45, 7) is 5.93. The van der Waals surface area contributed by atoms with E-state index < -0.39 is 11.7 Å². The molecule has 1 aliphatic heterocycles. The fraction of sp³-hybridized carbons (Fsp3) is 0.583. The third kappa shape index (κ3) is 2.95. The standard InChI is InChI=1S/C12H17N3O3/c1-12(2,3)18-11(16)15-10(4-7-17-15)9-8-13-5-6-14-9/h5-6,8,10H,4,7H2,1-3H3/t10-/m0/s1. The van der Waals surface area contributed by atoms with Gasteiger partial charge in [0.1, 0.15) is 11.6 Å². The SMILES string of the molecule is CC(C)(C)OC(=O)N1OCC[C@H]1c1cnccn1. The summed E-state index contributed by atoms with van der Waals surface area (Å²) in [6, 6.07) is -0.228. The molecule has 0 unspecified atom stereocenters. The summed E-state index contributed by atoms with van der Waals surface area (Å²) in [5.74, 6) is 0. The lowest BCUT2D eigenvalue weighted by Crippen LogP contribution is -2.35. The Balaban J connectivity index is 2.11. The molecule has 1 fully saturated rings. The third-order valence-corrected chi connectivity index (χ3v) is 2.40. The van der Waals surface area contributed by atoms with E-state index in [1.165, 1.54) is 5.06 Å². The van der Waals surface area contributed by atoms with E-state index in [1.807, 2.05) is 20.8 Å². The maximum Gasteiger partial charge on any atom is 0.435 e. The summed E-state index contributed by atoms with van der Waals surface area (Å²) in [6.07, 6.45) is 5.03. The number of hydroxylamine groups is 2. The van der Waals surface area contributed by atoms with Crippen molar-refractivity contribution in [3.63, 3.8) is 0 Å². The Kier molecular flexibility index (Phi) is 3.47. The maximum atomic E-state index is 12.0. The van der Waals surface area contributed by atoms with E-state index in [-0.39, 0.29) is 6.04 Å². The summed E-state index contributed by atoms with van der Waals surface area (Å²) in [4.78, 5) is 25.5. The summed E-state index contributed by atoms with van der Waals surface area (Å²) in [7, 11) is 0. The topological polar surface area (TPSA) is 64.5 Å². The van der Waals surface area contributed by atoms with Crippen LogP contribution in [-0.2, 0) is 9.57 Å². The average molecular weight is 251 g/mol. The quantitative estimate of drug-likeness (QED) is 0.764. The van der Waals surface area contributed by atoms with Gasteiger partial charge in [-0.1, -0.05) is 0 Å². The summed E-state index contributed by atoms with van der Waals surface area (Å²) >= 11 is 0. The fourth-order valence-corrected chi connectivity index (χ4v) is 1.71. The van der Waals surface area contributed by atoms with E-state index in [4.69, 9.17) is 9.57 Å². The Morgan fingerprint density at radius 1 is 1.50 bits per heavy atom. The number of hydrogen-bond acceptors (Lipinski definition) is 5. The van der Waals surface area contributed by atoms with Crippen LogP contribution in [0.25, 0.3) is 0 Å². The molecule has 18 heavy (non-hydrogen) atoms. The fourth-order valence-electron chi connectivity index (χ4n) is 1.71. The van der Waals surface area contributed by atoms with Gasteiger partial charge in [-0.2, -0.15) is 5.06 Å². The molecule has 0 bridgehead atoms. The van der Waals surface area contributed by atoms with Gasteiger partial charge < -0.3 is 4.74 Å². The van der Waals surface area contributed by atoms with E-state index in [0.717, 1.165) is 0 Å². The predicted molar refractivity (Wildman–Crippen MR) is 63.4 cm³/mol. The lowest BCUT2D eigenvalue weighted by Gasteiger charge is -2.26. The first-order chi connectivity index (χ1) is 8.47. The van der Waals surface area contributed by atoms with Crippen LogP contribution in [0.1, 0.15) is 38.9 Å². The Morgan fingerprint density at radius 2 is 2.28 bits per heavy atom. The monoisotopic (exact) mass is 251 g/mol. The molecule has 6 heteroatoms. The highest BCUT2D eigenvalue weighted by molar-refractivity contribution is 5.67. The van der Waals surface area contributed by atoms with Crippen molar-refractivity contribution in [2.24, 2.45) is 0 Å². The lowest BCUT2D eigenvalue weighted by atomic mass is 10.1. The lowest BCUT2D eigenvalue weighted by molar-refractivity contribution is -0.125. The van der Waals surface area contributed by atoms with Crippen molar-refractivity contribution in [1.29, 1.82) is 0 Å². The summed E-state index contributed by atoms with van der Waals surface area (Å²) < 4.78 is 5.29. The molecule has 0 saturated carbocycles. The number of carbonyl (C=O) groups is 1. The van der Waals surface area contributed by atoms with E-state index >= 15 is 0 Å². The van der Waals surface area contributed by atoms with E-state index in [2.05, 4.69) is 9.97 Å². The molecular formula is C12H17N3O3. The first-order valence-corrected chi connectivity index (χ1v) is 5.88. The number of ether oxygens (including phenoxy) is 1. The van der Waals surface area contributed by atoms with E-state index in [0.29, 0.717) is 18.7 Å². The maximum absolute atomic E-state index is 12.0. The normalized spacial score (nSPS) is 19.9. The largest absolute Gasteiger partial charge is 0.442 e. The van der Waals surface area contributed by atoms with Gasteiger partial charge >= 0.3 is 6.09 Å². The van der Waals surface area contributed by atoms with Crippen molar-refractivity contribution in [3.05, 3.63) is 24.3 Å². The Labute approximate surface area is 106 Å². The smallest absolute Gasteiger partial charge is 0.435 e. The highest BCUT2D eigenvalue weighted by atomic mass is 16.7. The van der Waals surface area contributed by atoms with Crippen molar-refractivity contribution in [1.82, 2.24) is 15.0 Å². The van der Waals surface area contributed by atoms with Gasteiger partial charge in [0, 0.05) is 18.8 Å². The van der Waals surface area contributed by atoms with Crippen molar-refractivity contribution < 1.29 is 14.4 Å². The molecule has 2 rings (SSSR count). The van der Waals surface area contributed by atoms with Crippen molar-refractivity contribution in [2.75, 3.05) is 6.61 Å². The molecule has 1 aromatic rings. The molecule has 1 aromatic heterocycles. The minimum Gasteiger partial charge on any atom is -0.442 e. The summed E-state index contributed by atoms with van der Waals surface area (Å²) in [5.41, 5.74) is 0.163. The molecule has 0 aliphatic carbocycles. The van der Waals surface area contributed by atoms with Gasteiger partial charge in [0.25, 0.3) is 0 Å². The van der Waals surface area contributed by atoms with Gasteiger partial charge in [-0.3, -0.25) is 14.8 Å². The van der Waals surface area contributed by atoms with Crippen molar-refractivity contribution >= 4 is 6.09 Å². The minimum absolute atomic E-state index is 0.228. The van der Waals surface area contributed by atoms with Crippen LogP contribution in [0.3, 0.4) is 0 Å². The second kappa shape index (κ2) is 4.89. The number of carbonyl (C=O) groups excluding carboxylic acids is 1. The Morgan fingerprint density at radius 3 is 2.89 bits per heavy atom. The Hall–Kier alpha value is -1.69. The first-order valence-electron chi connectivity index (χ1n) is 5.88. The highest BCUT2D eigenvalue weighted by Gasteiger charge is 2.35. The molecule has 1 atom stereocenters. The zero-order chi connectivity index (χ0) is 13.2. The van der Waals surface area contributed by atoms with Crippen LogP contribution < -0.4 is 0 Å². The zero-order valence-electron chi connectivity index (χ0n) is 10.8. The predicted octanol–water partition coefficient (Wildman–Crippen LogP) is 2.09. The molecule has 0 N–H and O–H groups in total. The van der Waals surface area contributed by atoms with Crippen LogP contribution >= 0.6 is 0 Å². The van der Waals surface area contributed by atoms with Crippen LogP contribution in [0, 0.1) is 0 Å². The zero-order valence-corrected chi connectivity index (χ0v) is 10.8. The molecular weight excluding hydrogens is 234 g/mol. The van der Waals surface area contributed by atoms with Gasteiger partial charge in [-0.05, 0) is 20.8 Å². The molecule has 0 aromatic carbocycles. The van der Waals surface area contributed by atoms with Crippen LogP contribution in [0.5, 0.6) is 0 Å². The molecule has 2 heterocycles. The van der Waals surface area contributed by atoms with E-state index in [9.17, 15) is 4.79 Å². The molecule has 6 nitrogen and oxygen atoms in total. The average Bonchev–Trinajstić information content (AvgIpc) is 2.76. The van der Waals surface area contributed by atoms with Crippen LogP contribution in [0.4, 0.5) is 4.79 Å². The minimum atomic E-state index is -0.546. The second-order valence-electron chi connectivity index (χ2n) is 5.07. The van der Waals surface area contributed by atoms with Crippen LogP contribution in [0.15, 0.2) is 18.6 Å². The summed E-state index contributed by atoms with van der Waals surface area (Å²) in [5, 5.41) is 1.25. The Bertz CT molecular complexity index is 416. The van der Waals surface area contributed by atoms with Gasteiger partial charge in [0.05, 0.1) is 18.5 Å². The molecule has 0 spiro atoms. The number of hydrogen-bond donors (Lipinski definition) is 0. The third-order valence-electron chi connectivity index (χ3n) is 2.40. The van der Waals surface area contributed by atoms with Gasteiger partial charge in [-0.25, -0.2) is 4.79 Å². The second-order valence-corrected chi connectivity index (χ2v) is 5.07. The van der Waals surface area contributed by atoms with Crippen molar-refractivity contribution in [2.45, 2.75) is 38.8 Å². The van der Waals surface area contributed by atoms with Crippen LogP contribution in [0.2, 0.25) is 0 Å². The number of rotatable bonds is 1. The molecule has 1 aliphatic rings. The molecule has 1 amide bonds. The molecule has 98 valence electrons.